The number of benzene rings is 1. The number of thiophene rings is 2. The summed E-state index contributed by atoms with van der Waals surface area (Å²) in [7, 11) is -0.143. The van der Waals surface area contributed by atoms with Crippen LogP contribution in [0.2, 0.25) is 18.1 Å². The van der Waals surface area contributed by atoms with Crippen LogP contribution in [-0.2, 0) is 24.3 Å². The summed E-state index contributed by atoms with van der Waals surface area (Å²) >= 11 is 3.08. The number of quaternary nitrogens is 1. The number of fused-ring (bicyclic) bond motifs is 5. The summed E-state index contributed by atoms with van der Waals surface area (Å²) < 4.78 is 20.6. The first kappa shape index (κ1) is 31.3. The van der Waals surface area contributed by atoms with E-state index in [-0.39, 0.29) is 52.0 Å². The van der Waals surface area contributed by atoms with Crippen molar-refractivity contribution in [3.05, 3.63) is 90.8 Å². The summed E-state index contributed by atoms with van der Waals surface area (Å²) in [6.45, 7) is 11.8. The van der Waals surface area contributed by atoms with Crippen molar-refractivity contribution in [2.75, 3.05) is 13.6 Å². The fourth-order valence-electron chi connectivity index (χ4n) is 6.74. The molecule has 0 radical (unpaired) electrons. The van der Waals surface area contributed by atoms with E-state index in [0.717, 1.165) is 39.2 Å². The molecular formula is C33H41N2O6S2Si+. The SMILES string of the molecule is CC(C)(C)[Si](C)(C)OC(C(=O)OC1CC2C3OC3C(C1)[N+]2(C)CC=Cc1ccc([N+](=O)[O-])cc1)(c1cccs1)c1cccs1. The second-order valence-electron chi connectivity index (χ2n) is 14.0. The second-order valence-corrected chi connectivity index (χ2v) is 20.6. The predicted octanol–water partition coefficient (Wildman–Crippen LogP) is 7.37. The normalized spacial score (nSPS) is 28.2. The van der Waals surface area contributed by atoms with Crippen LogP contribution in [0.5, 0.6) is 0 Å². The smallest absolute Gasteiger partial charge is 0.348 e. The Labute approximate surface area is 268 Å². The number of hydrogen-bond acceptors (Lipinski definition) is 8. The highest BCUT2D eigenvalue weighted by Crippen LogP contribution is 2.54. The molecule has 2 aromatic heterocycles. The summed E-state index contributed by atoms with van der Waals surface area (Å²) in [5.41, 5.74) is -0.280. The van der Waals surface area contributed by atoms with Crippen molar-refractivity contribution in [3.63, 3.8) is 0 Å². The monoisotopic (exact) mass is 653 g/mol. The van der Waals surface area contributed by atoms with Gasteiger partial charge >= 0.3 is 5.97 Å². The highest BCUT2D eigenvalue weighted by Gasteiger charge is 2.72. The van der Waals surface area contributed by atoms with Crippen molar-refractivity contribution < 1.29 is 28.1 Å². The molecule has 8 nitrogen and oxygen atoms in total. The molecule has 44 heavy (non-hydrogen) atoms. The number of carbonyl (C=O) groups is 1. The minimum Gasteiger partial charge on any atom is -0.459 e. The van der Waals surface area contributed by atoms with Gasteiger partial charge in [0.25, 0.3) is 5.69 Å². The summed E-state index contributed by atoms with van der Waals surface area (Å²) in [5.74, 6) is -0.319. The van der Waals surface area contributed by atoms with E-state index < -0.39 is 13.9 Å². The fourth-order valence-corrected chi connectivity index (χ4v) is 10.1. The highest BCUT2D eigenvalue weighted by molar-refractivity contribution is 7.12. The van der Waals surface area contributed by atoms with Crippen LogP contribution in [0.4, 0.5) is 5.69 Å². The van der Waals surface area contributed by atoms with E-state index >= 15 is 0 Å². The quantitative estimate of drug-likeness (QED) is 0.0567. The van der Waals surface area contributed by atoms with Crippen LogP contribution in [-0.4, -0.2) is 67.7 Å². The van der Waals surface area contributed by atoms with Gasteiger partial charge in [-0.3, -0.25) is 10.1 Å². The molecule has 3 fully saturated rings. The molecule has 234 valence electrons. The Morgan fingerprint density at radius 3 is 2.09 bits per heavy atom. The lowest BCUT2D eigenvalue weighted by Crippen LogP contribution is -2.63. The Kier molecular flexibility index (Phi) is 8.03. The van der Waals surface area contributed by atoms with Gasteiger partial charge in [0.05, 0.1) is 28.3 Å². The topological polar surface area (TPSA) is 91.2 Å². The number of nitro benzene ring substituents is 1. The molecule has 3 aliphatic heterocycles. The number of nitro groups is 1. The molecule has 3 aliphatic rings. The molecule has 4 unspecified atom stereocenters. The number of ether oxygens (including phenoxy) is 2. The van der Waals surface area contributed by atoms with Gasteiger partial charge in [-0.05, 0) is 64.8 Å². The van der Waals surface area contributed by atoms with E-state index in [0.29, 0.717) is 0 Å². The van der Waals surface area contributed by atoms with E-state index in [4.69, 9.17) is 13.9 Å². The Hall–Kier alpha value is -2.67. The van der Waals surface area contributed by atoms with Crippen LogP contribution in [0.15, 0.2) is 65.4 Å². The van der Waals surface area contributed by atoms with Crippen LogP contribution in [0.1, 0.15) is 48.9 Å². The number of epoxide rings is 1. The van der Waals surface area contributed by atoms with Crippen molar-refractivity contribution in [2.24, 2.45) is 0 Å². The maximum Gasteiger partial charge on any atom is 0.348 e. The zero-order chi connectivity index (χ0) is 31.5. The Balaban J connectivity index is 1.23. The number of nitrogens with zero attached hydrogens (tertiary/aromatic N) is 2. The second kappa shape index (κ2) is 11.3. The standard InChI is InChI=1S/C33H41N2O6S2Si/c1-32(2,3)44(5,6)41-33(27-11-8-18-42-27,28-12-9-19-43-28)31(36)39-24-20-25-29-30(40-29)26(21-24)35(25,4)17-7-10-22-13-15-23(16-14-22)34(37)38/h7-16,18-19,24-26,29-30H,17,20-21H2,1-6H3/q+1. The maximum atomic E-state index is 14.6. The van der Waals surface area contributed by atoms with Gasteiger partial charge in [-0.15, -0.1) is 22.7 Å². The summed E-state index contributed by atoms with van der Waals surface area (Å²) in [6.07, 6.45) is 5.80. The zero-order valence-electron chi connectivity index (χ0n) is 26.1. The lowest BCUT2D eigenvalue weighted by atomic mass is 9.94. The van der Waals surface area contributed by atoms with Crippen LogP contribution in [0.3, 0.4) is 0 Å². The molecule has 1 aromatic carbocycles. The molecule has 2 bridgehead atoms. The van der Waals surface area contributed by atoms with E-state index in [2.05, 4.69) is 47.0 Å². The lowest BCUT2D eigenvalue weighted by Gasteiger charge is -2.48. The molecule has 6 rings (SSSR count). The molecule has 3 aromatic rings. The van der Waals surface area contributed by atoms with Crippen molar-refractivity contribution in [3.8, 4) is 0 Å². The van der Waals surface area contributed by atoms with Gasteiger partial charge < -0.3 is 18.4 Å². The molecular weight excluding hydrogens is 613 g/mol. The van der Waals surface area contributed by atoms with E-state index in [1.165, 1.54) is 34.8 Å². The molecule has 0 saturated carbocycles. The molecule has 11 heteroatoms. The predicted molar refractivity (Wildman–Crippen MR) is 176 cm³/mol. The highest BCUT2D eigenvalue weighted by atomic mass is 32.1. The van der Waals surface area contributed by atoms with Crippen LogP contribution in [0.25, 0.3) is 6.08 Å². The zero-order valence-corrected chi connectivity index (χ0v) is 28.7. The fraction of sp³-hybridized carbons (Fsp3) is 0.485. The molecule has 4 atom stereocenters. The number of morpholine rings is 1. The van der Waals surface area contributed by atoms with Crippen LogP contribution >= 0.6 is 22.7 Å². The van der Waals surface area contributed by atoms with Crippen molar-refractivity contribution in [1.82, 2.24) is 0 Å². The van der Waals surface area contributed by atoms with Crippen LogP contribution < -0.4 is 0 Å². The first-order valence-corrected chi connectivity index (χ1v) is 19.8. The van der Waals surface area contributed by atoms with Crippen molar-refractivity contribution >= 4 is 48.7 Å². The minimum atomic E-state index is -2.43. The van der Waals surface area contributed by atoms with Gasteiger partial charge in [-0.2, -0.15) is 0 Å². The Morgan fingerprint density at radius 1 is 1.05 bits per heavy atom. The molecule has 0 N–H and O–H groups in total. The maximum absolute atomic E-state index is 14.6. The van der Waals surface area contributed by atoms with Gasteiger partial charge in [-0.25, -0.2) is 4.79 Å². The number of piperidine rings is 1. The number of rotatable bonds is 10. The van der Waals surface area contributed by atoms with Crippen molar-refractivity contribution in [1.29, 1.82) is 0 Å². The third-order valence-electron chi connectivity index (χ3n) is 10.3. The number of non-ortho nitro benzene ring substituents is 1. The molecule has 0 spiro atoms. The largest absolute Gasteiger partial charge is 0.459 e. The van der Waals surface area contributed by atoms with E-state index in [9.17, 15) is 14.9 Å². The number of likely N-dealkylation sites (N-methyl/N-ethyl adjacent to an activating group) is 1. The lowest BCUT2D eigenvalue weighted by molar-refractivity contribution is -0.951. The van der Waals surface area contributed by atoms with Gasteiger partial charge in [0.15, 0.2) is 8.32 Å². The summed E-state index contributed by atoms with van der Waals surface area (Å²) in [5, 5.41) is 14.9. The van der Waals surface area contributed by atoms with Crippen molar-refractivity contribution in [2.45, 2.75) is 87.7 Å². The summed E-state index contributed by atoms with van der Waals surface area (Å²) in [4.78, 5) is 26.9. The molecule has 3 saturated heterocycles. The summed E-state index contributed by atoms with van der Waals surface area (Å²) in [6, 6.07) is 15.0. The third-order valence-corrected chi connectivity index (χ3v) is 16.6. The minimum absolute atomic E-state index is 0.0879. The first-order chi connectivity index (χ1) is 20.8. The Bertz CT molecular complexity index is 1480. The third kappa shape index (κ3) is 5.41. The number of esters is 1. The number of carbonyl (C=O) groups excluding carboxylic acids is 1. The Morgan fingerprint density at radius 2 is 1.61 bits per heavy atom. The van der Waals surface area contributed by atoms with Gasteiger partial charge in [0, 0.05) is 25.0 Å². The van der Waals surface area contributed by atoms with E-state index in [1.807, 2.05) is 41.1 Å². The molecule has 0 aliphatic carbocycles. The first-order valence-electron chi connectivity index (χ1n) is 15.2. The average Bonchev–Trinajstić information content (AvgIpc) is 3.27. The molecule has 5 heterocycles. The number of hydrogen-bond donors (Lipinski definition) is 0. The van der Waals surface area contributed by atoms with Gasteiger partial charge in [0.1, 0.15) is 30.4 Å². The van der Waals surface area contributed by atoms with Gasteiger partial charge in [0.2, 0.25) is 5.60 Å². The average molecular weight is 654 g/mol. The molecule has 0 amide bonds. The van der Waals surface area contributed by atoms with Crippen LogP contribution in [0, 0.1) is 10.1 Å². The van der Waals surface area contributed by atoms with E-state index in [1.54, 1.807) is 12.1 Å². The van der Waals surface area contributed by atoms with Gasteiger partial charge in [-0.1, -0.05) is 39.0 Å².